The van der Waals surface area contributed by atoms with Crippen molar-refractivity contribution < 1.29 is 9.21 Å². The molecule has 0 bridgehead atoms. The number of hydrogen-bond acceptors (Lipinski definition) is 3. The molecule has 2 N–H and O–H groups in total. The molecule has 0 saturated carbocycles. The Morgan fingerprint density at radius 2 is 2.47 bits per heavy atom. The predicted octanol–water partition coefficient (Wildman–Crippen LogP) is 1.65. The third kappa shape index (κ3) is 2.52. The van der Waals surface area contributed by atoms with Crippen LogP contribution in [0.1, 0.15) is 35.9 Å². The average Bonchev–Trinajstić information content (AvgIpc) is 2.96. The number of carbonyl (C=O) groups excluding carboxylic acids is 1. The predicted molar refractivity (Wildman–Crippen MR) is 65.8 cm³/mol. The van der Waals surface area contributed by atoms with E-state index in [9.17, 15) is 4.79 Å². The maximum Gasteiger partial charge on any atom is 0.257 e. The minimum absolute atomic E-state index is 0.107. The van der Waals surface area contributed by atoms with Gasteiger partial charge in [-0.3, -0.25) is 4.79 Å². The fraction of sp³-hybridized carbons (Fsp3) is 0.615. The minimum Gasteiger partial charge on any atom is -0.469 e. The van der Waals surface area contributed by atoms with Crippen LogP contribution >= 0.6 is 0 Å². The molecule has 2 rings (SSSR count). The molecule has 17 heavy (non-hydrogen) atoms. The third-order valence-electron chi connectivity index (χ3n) is 3.44. The van der Waals surface area contributed by atoms with Crippen molar-refractivity contribution in [1.29, 1.82) is 0 Å². The second kappa shape index (κ2) is 5.36. The van der Waals surface area contributed by atoms with E-state index in [4.69, 9.17) is 10.2 Å². The van der Waals surface area contributed by atoms with Gasteiger partial charge in [-0.2, -0.15) is 0 Å². The van der Waals surface area contributed by atoms with Gasteiger partial charge in [0.2, 0.25) is 0 Å². The fourth-order valence-corrected chi connectivity index (χ4v) is 2.46. The number of aryl methyl sites for hydroxylation is 1. The second-order valence-electron chi connectivity index (χ2n) is 4.59. The van der Waals surface area contributed by atoms with E-state index in [-0.39, 0.29) is 5.91 Å². The molecular formula is C13H20N2O2. The number of hydrogen-bond donors (Lipinski definition) is 1. The number of nitrogens with two attached hydrogens (primary N) is 1. The van der Waals surface area contributed by atoms with E-state index in [0.717, 1.165) is 43.7 Å². The van der Waals surface area contributed by atoms with Crippen LogP contribution in [0.5, 0.6) is 0 Å². The summed E-state index contributed by atoms with van der Waals surface area (Å²) in [5, 5.41) is 0. The molecule has 1 unspecified atom stereocenters. The zero-order valence-corrected chi connectivity index (χ0v) is 10.3. The van der Waals surface area contributed by atoms with Crippen molar-refractivity contribution in [2.45, 2.75) is 26.2 Å². The van der Waals surface area contributed by atoms with Gasteiger partial charge in [-0.15, -0.1) is 0 Å². The highest BCUT2D eigenvalue weighted by Gasteiger charge is 2.28. The van der Waals surface area contributed by atoms with Crippen LogP contribution in [-0.2, 0) is 6.42 Å². The van der Waals surface area contributed by atoms with Crippen molar-refractivity contribution in [3.63, 3.8) is 0 Å². The highest BCUT2D eigenvalue weighted by Crippen LogP contribution is 2.22. The summed E-state index contributed by atoms with van der Waals surface area (Å²) in [6, 6.07) is 1.78. The van der Waals surface area contributed by atoms with Crippen molar-refractivity contribution in [1.82, 2.24) is 4.90 Å². The van der Waals surface area contributed by atoms with Crippen molar-refractivity contribution in [3.8, 4) is 0 Å². The van der Waals surface area contributed by atoms with Crippen LogP contribution < -0.4 is 5.73 Å². The largest absolute Gasteiger partial charge is 0.469 e. The lowest BCUT2D eigenvalue weighted by molar-refractivity contribution is 0.0784. The molecule has 1 aliphatic rings. The molecule has 0 spiro atoms. The van der Waals surface area contributed by atoms with Crippen molar-refractivity contribution in [2.75, 3.05) is 19.6 Å². The molecular weight excluding hydrogens is 216 g/mol. The Kier molecular flexibility index (Phi) is 3.84. The van der Waals surface area contributed by atoms with Crippen LogP contribution in [0.4, 0.5) is 0 Å². The van der Waals surface area contributed by atoms with E-state index in [1.54, 1.807) is 12.3 Å². The number of likely N-dealkylation sites (tertiary alicyclic amines) is 1. The lowest BCUT2D eigenvalue weighted by Crippen LogP contribution is -2.29. The minimum atomic E-state index is 0.107. The zero-order chi connectivity index (χ0) is 12.3. The third-order valence-corrected chi connectivity index (χ3v) is 3.44. The Morgan fingerprint density at radius 3 is 3.18 bits per heavy atom. The van der Waals surface area contributed by atoms with Gasteiger partial charge in [0.1, 0.15) is 5.76 Å². The maximum atomic E-state index is 12.3. The van der Waals surface area contributed by atoms with Gasteiger partial charge >= 0.3 is 0 Å². The molecule has 0 aromatic carbocycles. The molecule has 2 heterocycles. The standard InChI is InChI=1S/C13H20N2O2/c1-2-12-11(5-8-17-12)13(16)15-7-4-10(9-15)3-6-14/h5,8,10H,2-4,6-7,9,14H2,1H3. The van der Waals surface area contributed by atoms with Crippen LogP contribution in [0.2, 0.25) is 0 Å². The highest BCUT2D eigenvalue weighted by molar-refractivity contribution is 5.95. The molecule has 1 aromatic rings. The summed E-state index contributed by atoms with van der Waals surface area (Å²) < 4.78 is 5.30. The highest BCUT2D eigenvalue weighted by atomic mass is 16.3. The van der Waals surface area contributed by atoms with Gasteiger partial charge in [0.25, 0.3) is 5.91 Å². The number of furan rings is 1. The monoisotopic (exact) mass is 236 g/mol. The molecule has 1 aromatic heterocycles. The Balaban J connectivity index is 2.02. The maximum absolute atomic E-state index is 12.3. The van der Waals surface area contributed by atoms with E-state index in [1.165, 1.54) is 0 Å². The Labute approximate surface area is 102 Å². The summed E-state index contributed by atoms with van der Waals surface area (Å²) in [5.74, 6) is 1.47. The molecule has 1 atom stereocenters. The summed E-state index contributed by atoms with van der Waals surface area (Å²) in [6.07, 6.45) is 4.44. The van der Waals surface area contributed by atoms with Gasteiger partial charge < -0.3 is 15.1 Å². The summed E-state index contributed by atoms with van der Waals surface area (Å²) in [5.41, 5.74) is 6.27. The van der Waals surface area contributed by atoms with E-state index in [0.29, 0.717) is 12.5 Å². The van der Waals surface area contributed by atoms with Crippen molar-refractivity contribution in [2.24, 2.45) is 11.7 Å². The van der Waals surface area contributed by atoms with Crippen LogP contribution in [0.25, 0.3) is 0 Å². The van der Waals surface area contributed by atoms with Gasteiger partial charge in [0, 0.05) is 19.5 Å². The normalized spacial score (nSPS) is 19.9. The average molecular weight is 236 g/mol. The molecule has 4 nitrogen and oxygen atoms in total. The fourth-order valence-electron chi connectivity index (χ4n) is 2.46. The Bertz CT molecular complexity index is 387. The van der Waals surface area contributed by atoms with Crippen LogP contribution in [0, 0.1) is 5.92 Å². The molecule has 1 aliphatic heterocycles. The SMILES string of the molecule is CCc1occc1C(=O)N1CCC(CCN)C1. The first kappa shape index (κ1) is 12.2. The molecule has 94 valence electrons. The molecule has 0 aliphatic carbocycles. The van der Waals surface area contributed by atoms with Gasteiger partial charge in [-0.05, 0) is 31.4 Å². The van der Waals surface area contributed by atoms with E-state index in [1.807, 2.05) is 11.8 Å². The molecule has 4 heteroatoms. The van der Waals surface area contributed by atoms with Gasteiger partial charge in [0.15, 0.2) is 0 Å². The number of carbonyl (C=O) groups is 1. The number of nitrogens with zero attached hydrogens (tertiary/aromatic N) is 1. The van der Waals surface area contributed by atoms with Crippen LogP contribution in [-0.4, -0.2) is 30.4 Å². The van der Waals surface area contributed by atoms with E-state index < -0.39 is 0 Å². The van der Waals surface area contributed by atoms with Crippen molar-refractivity contribution in [3.05, 3.63) is 23.7 Å². The van der Waals surface area contributed by atoms with Gasteiger partial charge in [0.05, 0.1) is 11.8 Å². The number of rotatable bonds is 4. The first-order chi connectivity index (χ1) is 8.26. The lowest BCUT2D eigenvalue weighted by atomic mass is 10.1. The van der Waals surface area contributed by atoms with Crippen LogP contribution in [0.15, 0.2) is 16.7 Å². The first-order valence-corrected chi connectivity index (χ1v) is 6.32. The van der Waals surface area contributed by atoms with Crippen LogP contribution in [0.3, 0.4) is 0 Å². The van der Waals surface area contributed by atoms with Crippen molar-refractivity contribution >= 4 is 5.91 Å². The number of amides is 1. The molecule has 1 saturated heterocycles. The summed E-state index contributed by atoms with van der Waals surface area (Å²) in [4.78, 5) is 14.2. The first-order valence-electron chi connectivity index (χ1n) is 6.32. The summed E-state index contributed by atoms with van der Waals surface area (Å²) in [6.45, 7) is 4.39. The van der Waals surface area contributed by atoms with Gasteiger partial charge in [-0.25, -0.2) is 0 Å². The van der Waals surface area contributed by atoms with E-state index >= 15 is 0 Å². The molecule has 1 fully saturated rings. The van der Waals surface area contributed by atoms with E-state index in [2.05, 4.69) is 0 Å². The quantitative estimate of drug-likeness (QED) is 0.864. The topological polar surface area (TPSA) is 59.5 Å². The lowest BCUT2D eigenvalue weighted by Gasteiger charge is -2.16. The summed E-state index contributed by atoms with van der Waals surface area (Å²) >= 11 is 0. The molecule has 0 radical (unpaired) electrons. The second-order valence-corrected chi connectivity index (χ2v) is 4.59. The molecule has 1 amide bonds. The summed E-state index contributed by atoms with van der Waals surface area (Å²) in [7, 11) is 0. The Morgan fingerprint density at radius 1 is 1.65 bits per heavy atom. The zero-order valence-electron chi connectivity index (χ0n) is 10.3. The van der Waals surface area contributed by atoms with Gasteiger partial charge in [-0.1, -0.05) is 6.92 Å². The Hall–Kier alpha value is -1.29. The smallest absolute Gasteiger partial charge is 0.257 e.